The largest absolute Gasteiger partial charge is 0.733 e. The molecule has 0 aliphatic rings. The predicted molar refractivity (Wildman–Crippen MR) is 109 cm³/mol. The van der Waals surface area contributed by atoms with Gasteiger partial charge >= 0.3 is 0 Å². The van der Waals surface area contributed by atoms with Gasteiger partial charge in [-0.1, -0.05) is 42.5 Å². The molecule has 4 aromatic rings. The van der Waals surface area contributed by atoms with Gasteiger partial charge in [0.05, 0.1) is 16.6 Å². The average molecular weight is 387 g/mol. The zero-order chi connectivity index (χ0) is 20.4. The maximum absolute atomic E-state index is 13.1. The second-order valence-electron chi connectivity index (χ2n) is 6.22. The molecule has 2 N–H and O–H groups in total. The molecule has 1 heterocycles. The number of para-hydroxylation sites is 1. The molecule has 0 bridgehead atoms. The Hall–Kier alpha value is -4.01. The maximum Gasteiger partial charge on any atom is 0.280 e. The monoisotopic (exact) mass is 387 g/mol. The number of amides is 1. The Kier molecular flexibility index (Phi) is 4.78. The first-order valence-electron chi connectivity index (χ1n) is 8.69. The van der Waals surface area contributed by atoms with Crippen LogP contribution in [0.3, 0.4) is 0 Å². The van der Waals surface area contributed by atoms with Gasteiger partial charge in [-0.15, -0.1) is 0 Å². The second-order valence-corrected chi connectivity index (χ2v) is 6.22. The summed E-state index contributed by atoms with van der Waals surface area (Å²) >= 11 is 0. The lowest BCUT2D eigenvalue weighted by atomic mass is 10.2. The van der Waals surface area contributed by atoms with Crippen LogP contribution in [-0.2, 0) is 0 Å². The summed E-state index contributed by atoms with van der Waals surface area (Å²) in [7, 11) is 0. The minimum absolute atomic E-state index is 0.0175. The van der Waals surface area contributed by atoms with Gasteiger partial charge in [-0.05, 0) is 36.4 Å². The van der Waals surface area contributed by atoms with E-state index >= 15 is 0 Å². The van der Waals surface area contributed by atoms with Gasteiger partial charge in [0, 0.05) is 11.1 Å². The molecule has 0 fully saturated rings. The Labute approximate surface area is 164 Å². The summed E-state index contributed by atoms with van der Waals surface area (Å²) in [5.74, 6) is -0.274. The molecule has 1 aromatic heterocycles. The highest BCUT2D eigenvalue weighted by atomic mass is 16.8. The van der Waals surface area contributed by atoms with Crippen molar-refractivity contribution in [1.82, 2.24) is 9.66 Å². The number of benzene rings is 3. The van der Waals surface area contributed by atoms with Crippen molar-refractivity contribution >= 4 is 22.5 Å². The third-order valence-electron chi connectivity index (χ3n) is 4.37. The van der Waals surface area contributed by atoms with Gasteiger partial charge in [-0.2, -0.15) is 4.68 Å². The van der Waals surface area contributed by atoms with Crippen LogP contribution in [0.15, 0.2) is 83.7 Å². The van der Waals surface area contributed by atoms with Crippen molar-refractivity contribution in [2.45, 2.75) is 0 Å². The zero-order valence-electron chi connectivity index (χ0n) is 15.0. The van der Waals surface area contributed by atoms with Gasteiger partial charge in [0.2, 0.25) is 0 Å². The van der Waals surface area contributed by atoms with Crippen LogP contribution in [0.25, 0.3) is 22.3 Å². The summed E-state index contributed by atoms with van der Waals surface area (Å²) in [6.45, 7) is 0. The number of fused-ring (bicyclic) bond motifs is 1. The second kappa shape index (κ2) is 7.55. The van der Waals surface area contributed by atoms with E-state index in [2.05, 4.69) is 10.4 Å². The third kappa shape index (κ3) is 3.57. The molecule has 3 aromatic carbocycles. The number of aromatic nitrogens is 2. The maximum atomic E-state index is 13.1. The fourth-order valence-electron chi connectivity index (χ4n) is 2.92. The van der Waals surface area contributed by atoms with Crippen molar-refractivity contribution in [3.63, 3.8) is 0 Å². The number of nitrogens with zero attached hydrogens (tertiary/aromatic N) is 3. The summed E-state index contributed by atoms with van der Waals surface area (Å²) in [5.41, 5.74) is 3.53. The molecule has 0 aliphatic heterocycles. The van der Waals surface area contributed by atoms with Crippen molar-refractivity contribution < 1.29 is 10.0 Å². The van der Waals surface area contributed by atoms with Crippen molar-refractivity contribution in [1.29, 1.82) is 0 Å². The van der Waals surface area contributed by atoms with Gasteiger partial charge in [0.25, 0.3) is 11.5 Å². The SMILES string of the molecule is O=C(Nn1c(-c2ccccc2)nc2ccccc2c1=O)c1ccc(N([O-])O)cc1. The molecular formula is C21H15N4O4-. The van der Waals surface area contributed by atoms with Gasteiger partial charge < -0.3 is 10.4 Å². The Balaban J connectivity index is 1.80. The average Bonchev–Trinajstić information content (AvgIpc) is 2.76. The lowest BCUT2D eigenvalue weighted by Crippen LogP contribution is -2.35. The molecule has 8 heteroatoms. The molecule has 8 nitrogen and oxygen atoms in total. The van der Waals surface area contributed by atoms with E-state index in [0.717, 1.165) is 4.68 Å². The van der Waals surface area contributed by atoms with Gasteiger partial charge in [-0.3, -0.25) is 20.2 Å². The Bertz CT molecular complexity index is 1240. The molecule has 0 aliphatic carbocycles. The summed E-state index contributed by atoms with van der Waals surface area (Å²) in [6, 6.07) is 21.2. The third-order valence-corrected chi connectivity index (χ3v) is 4.37. The molecule has 4 rings (SSSR count). The molecule has 0 unspecified atom stereocenters. The molecular weight excluding hydrogens is 372 g/mol. The summed E-state index contributed by atoms with van der Waals surface area (Å²) < 4.78 is 1.11. The quantitative estimate of drug-likeness (QED) is 0.521. The minimum Gasteiger partial charge on any atom is -0.733 e. The molecule has 0 spiro atoms. The van der Waals surface area contributed by atoms with Crippen molar-refractivity contribution in [2.24, 2.45) is 0 Å². The Morgan fingerprint density at radius 2 is 1.62 bits per heavy atom. The predicted octanol–water partition coefficient (Wildman–Crippen LogP) is 3.14. The standard InChI is InChI=1S/C21H15N4O4/c26-20(15-10-12-16(13-11-15)25(28)29)23-24-19(14-6-2-1-3-7-14)22-18-9-5-4-8-17(18)21(24)27/h1-13,28H,(H,23,26)/q-1. The van der Waals surface area contributed by atoms with Crippen LogP contribution in [-0.4, -0.2) is 20.8 Å². The van der Waals surface area contributed by atoms with Crippen LogP contribution in [0.4, 0.5) is 5.69 Å². The van der Waals surface area contributed by atoms with Crippen LogP contribution in [0, 0.1) is 5.21 Å². The van der Waals surface area contributed by atoms with E-state index in [0.29, 0.717) is 22.3 Å². The fourth-order valence-corrected chi connectivity index (χ4v) is 2.92. The molecule has 1 amide bonds. The number of hydrogen-bond donors (Lipinski definition) is 2. The van der Waals surface area contributed by atoms with E-state index in [1.165, 1.54) is 24.3 Å². The highest BCUT2D eigenvalue weighted by Crippen LogP contribution is 2.18. The van der Waals surface area contributed by atoms with Crippen LogP contribution >= 0.6 is 0 Å². The van der Waals surface area contributed by atoms with E-state index in [9.17, 15) is 14.8 Å². The van der Waals surface area contributed by atoms with Crippen molar-refractivity contribution in [3.05, 3.63) is 100.0 Å². The lowest BCUT2D eigenvalue weighted by Gasteiger charge is -2.21. The topological polar surface area (TPSA) is 111 Å². The number of rotatable bonds is 4. The molecule has 0 saturated heterocycles. The van der Waals surface area contributed by atoms with Crippen LogP contribution < -0.4 is 16.2 Å². The fraction of sp³-hybridized carbons (Fsp3) is 0. The smallest absolute Gasteiger partial charge is 0.280 e. The van der Waals surface area contributed by atoms with Gasteiger partial charge in [0.1, 0.15) is 0 Å². The first-order chi connectivity index (χ1) is 14.0. The van der Waals surface area contributed by atoms with Crippen LogP contribution in [0.1, 0.15) is 10.4 Å². The van der Waals surface area contributed by atoms with Crippen LogP contribution in [0.5, 0.6) is 0 Å². The van der Waals surface area contributed by atoms with E-state index < -0.39 is 11.5 Å². The number of anilines is 1. The molecule has 29 heavy (non-hydrogen) atoms. The normalized spacial score (nSPS) is 10.7. The summed E-state index contributed by atoms with van der Waals surface area (Å²) in [5, 5.41) is 19.9. The van der Waals surface area contributed by atoms with E-state index in [1.54, 1.807) is 36.4 Å². The Morgan fingerprint density at radius 1 is 0.966 bits per heavy atom. The zero-order valence-corrected chi connectivity index (χ0v) is 15.0. The highest BCUT2D eigenvalue weighted by molar-refractivity contribution is 6.00. The van der Waals surface area contributed by atoms with Gasteiger partial charge in [-0.25, -0.2) is 4.98 Å². The Morgan fingerprint density at radius 3 is 2.31 bits per heavy atom. The number of hydrogen-bond acceptors (Lipinski definition) is 6. The molecule has 0 radical (unpaired) electrons. The van der Waals surface area contributed by atoms with E-state index in [4.69, 9.17) is 5.21 Å². The van der Waals surface area contributed by atoms with Crippen LogP contribution in [0.2, 0.25) is 0 Å². The first kappa shape index (κ1) is 18.4. The van der Waals surface area contributed by atoms with E-state index in [1.807, 2.05) is 18.2 Å². The number of nitrogens with one attached hydrogen (secondary N) is 1. The van der Waals surface area contributed by atoms with E-state index in [-0.39, 0.29) is 16.5 Å². The molecule has 144 valence electrons. The molecule has 0 saturated carbocycles. The first-order valence-corrected chi connectivity index (χ1v) is 8.69. The van der Waals surface area contributed by atoms with Gasteiger partial charge in [0.15, 0.2) is 5.82 Å². The summed E-state index contributed by atoms with van der Waals surface area (Å²) in [4.78, 5) is 30.3. The highest BCUT2D eigenvalue weighted by Gasteiger charge is 2.15. The van der Waals surface area contributed by atoms with Crippen molar-refractivity contribution in [3.8, 4) is 11.4 Å². The summed E-state index contributed by atoms with van der Waals surface area (Å²) in [6.07, 6.45) is 0. The number of carbonyl (C=O) groups is 1. The van der Waals surface area contributed by atoms with Crippen molar-refractivity contribution in [2.75, 3.05) is 10.7 Å². The number of carbonyl (C=O) groups excluding carboxylic acids is 1. The lowest BCUT2D eigenvalue weighted by molar-refractivity contribution is 0.101. The minimum atomic E-state index is -0.566. The molecule has 0 atom stereocenters.